The maximum Gasteiger partial charge on any atom is 0.356 e. The van der Waals surface area contributed by atoms with Crippen LogP contribution in [0.5, 0.6) is 0 Å². The van der Waals surface area contributed by atoms with Gasteiger partial charge in [-0.05, 0) is 18.4 Å². The average Bonchev–Trinajstić information content (AvgIpc) is 2.80. The van der Waals surface area contributed by atoms with Gasteiger partial charge in [0.15, 0.2) is 5.69 Å². The first-order valence-electron chi connectivity index (χ1n) is 5.98. The molecule has 5 nitrogen and oxygen atoms in total. The molecule has 0 aliphatic heterocycles. The molecule has 0 atom stereocenters. The van der Waals surface area contributed by atoms with Gasteiger partial charge in [-0.2, -0.15) is 5.10 Å². The van der Waals surface area contributed by atoms with Crippen molar-refractivity contribution in [2.45, 2.75) is 38.6 Å². The van der Waals surface area contributed by atoms with Gasteiger partial charge in [-0.3, -0.25) is 4.79 Å². The zero-order chi connectivity index (χ0) is 12.3. The highest BCUT2D eigenvalue weighted by molar-refractivity contribution is 5.84. The van der Waals surface area contributed by atoms with E-state index < -0.39 is 5.97 Å². The van der Waals surface area contributed by atoms with Crippen LogP contribution >= 0.6 is 0 Å². The molecule has 0 unspecified atom stereocenters. The van der Waals surface area contributed by atoms with Gasteiger partial charge in [0.2, 0.25) is 0 Å². The fourth-order valence-corrected chi connectivity index (χ4v) is 2.33. The lowest BCUT2D eigenvalue weighted by Gasteiger charge is -2.09. The molecule has 1 aliphatic rings. The van der Waals surface area contributed by atoms with Gasteiger partial charge in [-0.1, -0.05) is 25.7 Å². The van der Waals surface area contributed by atoms with Crippen molar-refractivity contribution in [2.75, 3.05) is 0 Å². The van der Waals surface area contributed by atoms with Crippen molar-refractivity contribution in [3.63, 3.8) is 0 Å². The van der Waals surface area contributed by atoms with Crippen LogP contribution in [0.15, 0.2) is 16.9 Å². The van der Waals surface area contributed by atoms with E-state index in [1.54, 1.807) is 0 Å². The highest BCUT2D eigenvalue weighted by atomic mass is 16.4. The summed E-state index contributed by atoms with van der Waals surface area (Å²) >= 11 is 0. The maximum atomic E-state index is 11.5. The number of rotatable bonds is 4. The Labute approximate surface area is 99.1 Å². The molecule has 1 fully saturated rings. The number of hydrogen-bond donors (Lipinski definition) is 1. The second kappa shape index (κ2) is 5.12. The Morgan fingerprint density at radius 3 is 2.76 bits per heavy atom. The van der Waals surface area contributed by atoms with Crippen LogP contribution < -0.4 is 5.56 Å². The Morgan fingerprint density at radius 2 is 2.12 bits per heavy atom. The third-order valence-electron chi connectivity index (χ3n) is 3.31. The van der Waals surface area contributed by atoms with E-state index in [0.717, 1.165) is 6.42 Å². The van der Waals surface area contributed by atoms with Gasteiger partial charge in [-0.25, -0.2) is 9.48 Å². The third kappa shape index (κ3) is 2.93. The summed E-state index contributed by atoms with van der Waals surface area (Å²) in [6.07, 6.45) is 5.88. The number of carboxylic acids is 1. The topological polar surface area (TPSA) is 72.2 Å². The van der Waals surface area contributed by atoms with E-state index in [-0.39, 0.29) is 11.3 Å². The molecule has 1 N–H and O–H groups in total. The fourth-order valence-electron chi connectivity index (χ4n) is 2.33. The lowest BCUT2D eigenvalue weighted by Crippen LogP contribution is -2.25. The van der Waals surface area contributed by atoms with Crippen molar-refractivity contribution in [3.05, 3.63) is 28.2 Å². The van der Waals surface area contributed by atoms with Crippen LogP contribution in [0.3, 0.4) is 0 Å². The lowest BCUT2D eigenvalue weighted by molar-refractivity contribution is 0.0687. The second-order valence-corrected chi connectivity index (χ2v) is 4.52. The van der Waals surface area contributed by atoms with Gasteiger partial charge in [0.25, 0.3) is 5.56 Å². The normalized spacial score (nSPS) is 16.2. The largest absolute Gasteiger partial charge is 0.476 e. The van der Waals surface area contributed by atoms with Crippen molar-refractivity contribution in [1.29, 1.82) is 0 Å². The van der Waals surface area contributed by atoms with Crippen molar-refractivity contribution >= 4 is 5.97 Å². The fraction of sp³-hybridized carbons (Fsp3) is 0.583. The molecule has 1 saturated carbocycles. The van der Waals surface area contributed by atoms with E-state index in [9.17, 15) is 9.59 Å². The molecule has 2 rings (SSSR count). The Morgan fingerprint density at radius 1 is 1.41 bits per heavy atom. The molecular weight excluding hydrogens is 220 g/mol. The Bertz CT molecular complexity index is 461. The summed E-state index contributed by atoms with van der Waals surface area (Å²) < 4.78 is 1.27. The van der Waals surface area contributed by atoms with E-state index in [1.165, 1.54) is 42.5 Å². The first-order chi connectivity index (χ1) is 8.16. The quantitative estimate of drug-likeness (QED) is 0.860. The van der Waals surface area contributed by atoms with Crippen molar-refractivity contribution in [3.8, 4) is 0 Å². The molecule has 0 aromatic carbocycles. The summed E-state index contributed by atoms with van der Waals surface area (Å²) in [5, 5.41) is 12.6. The number of nitrogens with zero attached hydrogens (tertiary/aromatic N) is 2. The van der Waals surface area contributed by atoms with E-state index >= 15 is 0 Å². The van der Waals surface area contributed by atoms with Crippen molar-refractivity contribution < 1.29 is 9.90 Å². The van der Waals surface area contributed by atoms with E-state index in [2.05, 4.69) is 5.10 Å². The van der Waals surface area contributed by atoms with Gasteiger partial charge in [0.1, 0.15) is 0 Å². The minimum Gasteiger partial charge on any atom is -0.476 e. The summed E-state index contributed by atoms with van der Waals surface area (Å²) in [6.45, 7) is 0.518. The molecule has 17 heavy (non-hydrogen) atoms. The standard InChI is InChI=1S/C12H16N2O3/c15-11-6-5-10(12(16)17)13-14(11)8-7-9-3-1-2-4-9/h5-6,9H,1-4,7-8H2,(H,16,17). The summed E-state index contributed by atoms with van der Waals surface area (Å²) in [5.41, 5.74) is -0.302. The van der Waals surface area contributed by atoms with Crippen LogP contribution in [0.4, 0.5) is 0 Å². The van der Waals surface area contributed by atoms with E-state index in [0.29, 0.717) is 12.5 Å². The molecular formula is C12H16N2O3. The molecule has 92 valence electrons. The smallest absolute Gasteiger partial charge is 0.356 e. The minimum absolute atomic E-state index is 0.0731. The summed E-state index contributed by atoms with van der Waals surface area (Å²) in [6, 6.07) is 2.52. The highest BCUT2D eigenvalue weighted by Crippen LogP contribution is 2.27. The Hall–Kier alpha value is -1.65. The predicted octanol–water partition coefficient (Wildman–Crippen LogP) is 1.52. The van der Waals surface area contributed by atoms with Crippen molar-refractivity contribution in [1.82, 2.24) is 9.78 Å². The number of hydrogen-bond acceptors (Lipinski definition) is 3. The number of carbonyl (C=O) groups is 1. The lowest BCUT2D eigenvalue weighted by atomic mass is 10.0. The minimum atomic E-state index is -1.10. The van der Waals surface area contributed by atoms with Crippen LogP contribution in [0, 0.1) is 5.92 Å². The van der Waals surface area contributed by atoms with Gasteiger partial charge >= 0.3 is 5.97 Å². The molecule has 0 saturated heterocycles. The molecule has 0 bridgehead atoms. The summed E-state index contributed by atoms with van der Waals surface area (Å²) in [7, 11) is 0. The highest BCUT2D eigenvalue weighted by Gasteiger charge is 2.15. The van der Waals surface area contributed by atoms with Gasteiger partial charge in [0.05, 0.1) is 0 Å². The van der Waals surface area contributed by atoms with Gasteiger partial charge in [-0.15, -0.1) is 0 Å². The van der Waals surface area contributed by atoms with Crippen molar-refractivity contribution in [2.24, 2.45) is 5.92 Å². The third-order valence-corrected chi connectivity index (χ3v) is 3.31. The molecule has 1 heterocycles. The Balaban J connectivity index is 2.05. The van der Waals surface area contributed by atoms with Crippen LogP contribution in [0.1, 0.15) is 42.6 Å². The van der Waals surface area contributed by atoms with Crippen LogP contribution in [0.25, 0.3) is 0 Å². The second-order valence-electron chi connectivity index (χ2n) is 4.52. The zero-order valence-electron chi connectivity index (χ0n) is 9.63. The molecule has 1 aromatic heterocycles. The number of aromatic nitrogens is 2. The zero-order valence-corrected chi connectivity index (χ0v) is 9.63. The monoisotopic (exact) mass is 236 g/mol. The molecule has 1 aromatic rings. The van der Waals surface area contributed by atoms with E-state index in [1.807, 2.05) is 0 Å². The Kier molecular flexibility index (Phi) is 3.56. The first-order valence-corrected chi connectivity index (χ1v) is 5.98. The number of aromatic carboxylic acids is 1. The summed E-state index contributed by atoms with van der Waals surface area (Å²) in [5.74, 6) is -0.434. The maximum absolute atomic E-state index is 11.5. The molecule has 1 aliphatic carbocycles. The number of carboxylic acid groups (broad SMARTS) is 1. The van der Waals surface area contributed by atoms with E-state index in [4.69, 9.17) is 5.11 Å². The van der Waals surface area contributed by atoms with Crippen LogP contribution in [0.2, 0.25) is 0 Å². The van der Waals surface area contributed by atoms with Gasteiger partial charge < -0.3 is 5.11 Å². The number of aryl methyl sites for hydroxylation is 1. The summed E-state index contributed by atoms with van der Waals surface area (Å²) in [4.78, 5) is 22.3. The predicted molar refractivity (Wildman–Crippen MR) is 62.0 cm³/mol. The molecule has 0 amide bonds. The molecule has 5 heteroatoms. The SMILES string of the molecule is O=C(O)c1ccc(=O)n(CCC2CCCC2)n1. The first kappa shape index (κ1) is 11.8. The van der Waals surface area contributed by atoms with Crippen LogP contribution in [-0.4, -0.2) is 20.9 Å². The van der Waals surface area contributed by atoms with Gasteiger partial charge in [0, 0.05) is 12.6 Å². The molecule has 0 spiro atoms. The van der Waals surface area contributed by atoms with Crippen LogP contribution in [-0.2, 0) is 6.54 Å². The average molecular weight is 236 g/mol. The molecule has 0 radical (unpaired) electrons.